The van der Waals surface area contributed by atoms with Crippen LogP contribution in [0.4, 0.5) is 0 Å². The van der Waals surface area contributed by atoms with Crippen molar-refractivity contribution in [1.29, 1.82) is 0 Å². The fourth-order valence-electron chi connectivity index (χ4n) is 1.82. The molecule has 0 saturated carbocycles. The second kappa shape index (κ2) is 6.54. The molecule has 1 rings (SSSR count). The summed E-state index contributed by atoms with van der Waals surface area (Å²) in [4.78, 5) is 0. The first kappa shape index (κ1) is 13.0. The van der Waals surface area contributed by atoms with E-state index in [1.807, 2.05) is 12.1 Å². The van der Waals surface area contributed by atoms with E-state index in [1.54, 1.807) is 7.11 Å². The van der Waals surface area contributed by atoms with Gasteiger partial charge in [0.2, 0.25) is 0 Å². The summed E-state index contributed by atoms with van der Waals surface area (Å²) in [6.45, 7) is 6.66. The van der Waals surface area contributed by atoms with Gasteiger partial charge in [0.1, 0.15) is 5.75 Å². The molecule has 2 atom stereocenters. The molecule has 90 valence electrons. The zero-order chi connectivity index (χ0) is 12.0. The van der Waals surface area contributed by atoms with E-state index in [-0.39, 0.29) is 0 Å². The van der Waals surface area contributed by atoms with E-state index < -0.39 is 0 Å². The number of hydrogen-bond acceptors (Lipinski definition) is 2. The summed E-state index contributed by atoms with van der Waals surface area (Å²) in [5.41, 5.74) is 1.32. The van der Waals surface area contributed by atoms with Crippen molar-refractivity contribution in [3.05, 3.63) is 29.8 Å². The molecule has 0 aromatic heterocycles. The van der Waals surface area contributed by atoms with Crippen molar-refractivity contribution in [3.63, 3.8) is 0 Å². The van der Waals surface area contributed by atoms with Gasteiger partial charge in [-0.05, 0) is 44.4 Å². The van der Waals surface area contributed by atoms with E-state index >= 15 is 0 Å². The molecule has 0 radical (unpaired) electrons. The molecule has 2 unspecified atom stereocenters. The lowest BCUT2D eigenvalue weighted by atomic mass is 10.1. The molecule has 0 spiro atoms. The molecule has 0 aliphatic carbocycles. The Bertz CT molecular complexity index is 311. The highest BCUT2D eigenvalue weighted by molar-refractivity contribution is 5.28. The Kier molecular flexibility index (Phi) is 5.33. The maximum Gasteiger partial charge on any atom is 0.119 e. The Morgan fingerprint density at radius 1 is 1.25 bits per heavy atom. The molecule has 1 N–H and O–H groups in total. The highest BCUT2D eigenvalue weighted by atomic mass is 16.5. The van der Waals surface area contributed by atoms with Gasteiger partial charge >= 0.3 is 0 Å². The van der Waals surface area contributed by atoms with Crippen LogP contribution in [0.3, 0.4) is 0 Å². The van der Waals surface area contributed by atoms with Crippen LogP contribution in [0.15, 0.2) is 24.3 Å². The lowest BCUT2D eigenvalue weighted by Gasteiger charge is -2.19. The molecule has 0 saturated heterocycles. The predicted octanol–water partition coefficient (Wildman–Crippen LogP) is 3.01. The number of ether oxygens (including phenoxy) is 1. The SMILES string of the molecule is CCC(C)NC(C)Cc1cccc(OC)c1. The molecule has 0 heterocycles. The van der Waals surface area contributed by atoms with Crippen LogP contribution in [-0.2, 0) is 6.42 Å². The Hall–Kier alpha value is -1.02. The van der Waals surface area contributed by atoms with Gasteiger partial charge in [-0.1, -0.05) is 19.1 Å². The molecular weight excluding hydrogens is 198 g/mol. The van der Waals surface area contributed by atoms with Crippen LogP contribution < -0.4 is 10.1 Å². The van der Waals surface area contributed by atoms with Gasteiger partial charge in [0, 0.05) is 12.1 Å². The number of hydrogen-bond donors (Lipinski definition) is 1. The van der Waals surface area contributed by atoms with Gasteiger partial charge in [0.05, 0.1) is 7.11 Å². The summed E-state index contributed by atoms with van der Waals surface area (Å²) >= 11 is 0. The van der Waals surface area contributed by atoms with Gasteiger partial charge in [-0.25, -0.2) is 0 Å². The van der Waals surface area contributed by atoms with Gasteiger partial charge < -0.3 is 10.1 Å². The van der Waals surface area contributed by atoms with Crippen LogP contribution in [0, 0.1) is 0 Å². The van der Waals surface area contributed by atoms with Gasteiger partial charge in [-0.15, -0.1) is 0 Å². The third-order valence-electron chi connectivity index (χ3n) is 2.86. The molecule has 16 heavy (non-hydrogen) atoms. The van der Waals surface area contributed by atoms with Gasteiger partial charge in [0.25, 0.3) is 0 Å². The summed E-state index contributed by atoms with van der Waals surface area (Å²) in [6.07, 6.45) is 2.21. The summed E-state index contributed by atoms with van der Waals surface area (Å²) in [5.74, 6) is 0.938. The van der Waals surface area contributed by atoms with E-state index in [0.717, 1.165) is 12.2 Å². The zero-order valence-electron chi connectivity index (χ0n) is 10.8. The van der Waals surface area contributed by atoms with E-state index in [2.05, 4.69) is 38.2 Å². The number of rotatable bonds is 6. The normalized spacial score (nSPS) is 14.5. The molecule has 0 fully saturated rings. The molecule has 1 aromatic carbocycles. The minimum Gasteiger partial charge on any atom is -0.497 e. The third-order valence-corrected chi connectivity index (χ3v) is 2.86. The van der Waals surface area contributed by atoms with Crippen LogP contribution in [0.2, 0.25) is 0 Å². The Labute approximate surface area is 99.0 Å². The van der Waals surface area contributed by atoms with E-state index in [1.165, 1.54) is 12.0 Å². The first-order chi connectivity index (χ1) is 7.65. The quantitative estimate of drug-likeness (QED) is 0.797. The Morgan fingerprint density at radius 3 is 2.62 bits per heavy atom. The minimum absolute atomic E-state index is 0.502. The lowest BCUT2D eigenvalue weighted by molar-refractivity contribution is 0.413. The molecule has 2 heteroatoms. The molecule has 1 aromatic rings. The molecule has 0 aliphatic heterocycles. The van der Waals surface area contributed by atoms with Crippen LogP contribution in [-0.4, -0.2) is 19.2 Å². The van der Waals surface area contributed by atoms with Crippen LogP contribution in [0.5, 0.6) is 5.75 Å². The zero-order valence-corrected chi connectivity index (χ0v) is 10.8. The predicted molar refractivity (Wildman–Crippen MR) is 69.0 cm³/mol. The molecule has 0 bridgehead atoms. The maximum atomic E-state index is 5.22. The van der Waals surface area contributed by atoms with Crippen molar-refractivity contribution < 1.29 is 4.74 Å². The summed E-state index contributed by atoms with van der Waals surface area (Å²) < 4.78 is 5.22. The lowest BCUT2D eigenvalue weighted by Crippen LogP contribution is -2.35. The van der Waals surface area contributed by atoms with Crippen LogP contribution in [0.1, 0.15) is 32.8 Å². The smallest absolute Gasteiger partial charge is 0.119 e. The Balaban J connectivity index is 2.51. The minimum atomic E-state index is 0.502. The van der Waals surface area contributed by atoms with E-state index in [9.17, 15) is 0 Å². The average molecular weight is 221 g/mol. The maximum absolute atomic E-state index is 5.22. The van der Waals surface area contributed by atoms with Gasteiger partial charge in [-0.3, -0.25) is 0 Å². The first-order valence-corrected chi connectivity index (χ1v) is 6.04. The van der Waals surface area contributed by atoms with E-state index in [0.29, 0.717) is 12.1 Å². The van der Waals surface area contributed by atoms with Crippen molar-refractivity contribution in [1.82, 2.24) is 5.32 Å². The number of nitrogens with one attached hydrogen (secondary N) is 1. The van der Waals surface area contributed by atoms with E-state index in [4.69, 9.17) is 4.74 Å². The van der Waals surface area contributed by atoms with Crippen molar-refractivity contribution in [3.8, 4) is 5.75 Å². The average Bonchev–Trinajstić information content (AvgIpc) is 2.28. The molecule has 0 aliphatic rings. The first-order valence-electron chi connectivity index (χ1n) is 6.04. The summed E-state index contributed by atoms with van der Waals surface area (Å²) in [5, 5.41) is 3.57. The monoisotopic (exact) mass is 221 g/mol. The van der Waals surface area contributed by atoms with Crippen LogP contribution in [0.25, 0.3) is 0 Å². The number of benzene rings is 1. The fraction of sp³-hybridized carbons (Fsp3) is 0.571. The largest absolute Gasteiger partial charge is 0.497 e. The van der Waals surface area contributed by atoms with Crippen molar-refractivity contribution in [2.24, 2.45) is 0 Å². The number of methoxy groups -OCH3 is 1. The summed E-state index contributed by atoms with van der Waals surface area (Å²) in [7, 11) is 1.71. The Morgan fingerprint density at radius 2 is 2.00 bits per heavy atom. The summed E-state index contributed by atoms with van der Waals surface area (Å²) in [6, 6.07) is 9.37. The topological polar surface area (TPSA) is 21.3 Å². The highest BCUT2D eigenvalue weighted by Crippen LogP contribution is 2.14. The van der Waals surface area contributed by atoms with Crippen molar-refractivity contribution >= 4 is 0 Å². The molecule has 2 nitrogen and oxygen atoms in total. The van der Waals surface area contributed by atoms with Crippen molar-refractivity contribution in [2.75, 3.05) is 7.11 Å². The third kappa shape index (κ3) is 4.23. The van der Waals surface area contributed by atoms with Gasteiger partial charge in [-0.2, -0.15) is 0 Å². The molecule has 0 amide bonds. The van der Waals surface area contributed by atoms with Crippen molar-refractivity contribution in [2.45, 2.75) is 45.7 Å². The second-order valence-electron chi connectivity index (χ2n) is 4.43. The highest BCUT2D eigenvalue weighted by Gasteiger charge is 2.06. The van der Waals surface area contributed by atoms with Gasteiger partial charge in [0.15, 0.2) is 0 Å². The van der Waals surface area contributed by atoms with Crippen LogP contribution >= 0.6 is 0 Å². The standard InChI is InChI=1S/C14H23NO/c1-5-11(2)15-12(3)9-13-7-6-8-14(10-13)16-4/h6-8,10-12,15H,5,9H2,1-4H3. The fourth-order valence-corrected chi connectivity index (χ4v) is 1.82. The molecular formula is C14H23NO. The second-order valence-corrected chi connectivity index (χ2v) is 4.43.